The third kappa shape index (κ3) is 5.49. The molecule has 0 unspecified atom stereocenters. The minimum atomic E-state index is -3.56. The number of hydrogen-bond acceptors (Lipinski definition) is 3. The topological polar surface area (TPSA) is 70.0 Å². The Balaban J connectivity index is 2.73. The molecular formula is C16H24N2O2S. The predicted octanol–water partition coefficient (Wildman–Crippen LogP) is 3.38. The molecule has 0 fully saturated rings. The quantitative estimate of drug-likeness (QED) is 0.748. The third-order valence-electron chi connectivity index (χ3n) is 3.56. The Bertz CT molecular complexity index is 573. The summed E-state index contributed by atoms with van der Waals surface area (Å²) < 4.78 is 27.2. The molecule has 0 saturated carbocycles. The standard InChI is InChI=1S/C16H24N2O2S/c1-4-5-6-7-15(12-17)14(3)18-21(19,20)16-10-8-13(2)9-11-16/h8-11,14-15,18H,4-7H2,1-3H3/t14-,15+/m1/s1. The van der Waals surface area contributed by atoms with Gasteiger partial charge in [-0.1, -0.05) is 43.9 Å². The van der Waals surface area contributed by atoms with Crippen LogP contribution in [0, 0.1) is 24.2 Å². The van der Waals surface area contributed by atoms with Crippen molar-refractivity contribution >= 4 is 10.0 Å². The van der Waals surface area contributed by atoms with Gasteiger partial charge in [0, 0.05) is 6.04 Å². The van der Waals surface area contributed by atoms with E-state index in [9.17, 15) is 13.7 Å². The molecule has 2 atom stereocenters. The highest BCUT2D eigenvalue weighted by Crippen LogP contribution is 2.16. The van der Waals surface area contributed by atoms with Crippen molar-refractivity contribution < 1.29 is 8.42 Å². The van der Waals surface area contributed by atoms with E-state index in [-0.39, 0.29) is 10.8 Å². The van der Waals surface area contributed by atoms with Gasteiger partial charge in [0.25, 0.3) is 0 Å². The highest BCUT2D eigenvalue weighted by atomic mass is 32.2. The fourth-order valence-corrected chi connectivity index (χ4v) is 3.44. The summed E-state index contributed by atoms with van der Waals surface area (Å²) in [7, 11) is -3.56. The van der Waals surface area contributed by atoms with E-state index in [0.29, 0.717) is 0 Å². The largest absolute Gasteiger partial charge is 0.240 e. The summed E-state index contributed by atoms with van der Waals surface area (Å²) >= 11 is 0. The van der Waals surface area contributed by atoms with Crippen LogP contribution in [0.1, 0.15) is 45.1 Å². The van der Waals surface area contributed by atoms with Crippen molar-refractivity contribution in [3.63, 3.8) is 0 Å². The second-order valence-electron chi connectivity index (χ2n) is 5.45. The molecule has 1 aromatic rings. The minimum Gasteiger partial charge on any atom is -0.207 e. The molecule has 1 aromatic carbocycles. The van der Waals surface area contributed by atoms with Crippen LogP contribution in [0.2, 0.25) is 0 Å². The van der Waals surface area contributed by atoms with Crippen LogP contribution in [0.25, 0.3) is 0 Å². The maximum atomic E-state index is 12.3. The molecule has 0 amide bonds. The van der Waals surface area contributed by atoms with Crippen LogP contribution in [-0.2, 0) is 10.0 Å². The lowest BCUT2D eigenvalue weighted by molar-refractivity contribution is 0.448. The molecule has 0 aliphatic rings. The lowest BCUT2D eigenvalue weighted by atomic mass is 9.97. The zero-order chi connectivity index (χ0) is 15.9. The molecule has 0 aliphatic carbocycles. The van der Waals surface area contributed by atoms with Crippen molar-refractivity contribution in [2.24, 2.45) is 5.92 Å². The first-order valence-corrected chi connectivity index (χ1v) is 8.87. The smallest absolute Gasteiger partial charge is 0.207 e. The number of sulfonamides is 1. The van der Waals surface area contributed by atoms with Crippen molar-refractivity contribution in [3.8, 4) is 6.07 Å². The molecular weight excluding hydrogens is 284 g/mol. The van der Waals surface area contributed by atoms with E-state index in [1.165, 1.54) is 0 Å². The van der Waals surface area contributed by atoms with E-state index in [0.717, 1.165) is 31.2 Å². The fraction of sp³-hybridized carbons (Fsp3) is 0.562. The average Bonchev–Trinajstić information content (AvgIpc) is 2.43. The summed E-state index contributed by atoms with van der Waals surface area (Å²) in [5, 5.41) is 9.21. The van der Waals surface area contributed by atoms with Crippen LogP contribution in [0.15, 0.2) is 29.2 Å². The molecule has 0 aliphatic heterocycles. The first-order valence-electron chi connectivity index (χ1n) is 7.39. The maximum absolute atomic E-state index is 12.3. The van der Waals surface area contributed by atoms with Crippen LogP contribution in [0.5, 0.6) is 0 Å². The molecule has 0 spiro atoms. The highest BCUT2D eigenvalue weighted by Gasteiger charge is 2.23. The molecule has 1 N–H and O–H groups in total. The molecule has 21 heavy (non-hydrogen) atoms. The first kappa shape index (κ1) is 17.7. The predicted molar refractivity (Wildman–Crippen MR) is 84.2 cm³/mol. The van der Waals surface area contributed by atoms with Gasteiger partial charge in [-0.25, -0.2) is 13.1 Å². The van der Waals surface area contributed by atoms with Gasteiger partial charge in [0.2, 0.25) is 10.0 Å². The molecule has 0 heterocycles. The zero-order valence-electron chi connectivity index (χ0n) is 13.0. The summed E-state index contributed by atoms with van der Waals surface area (Å²) in [5.74, 6) is -0.295. The van der Waals surface area contributed by atoms with Crippen molar-refractivity contribution in [1.82, 2.24) is 4.72 Å². The molecule has 0 aromatic heterocycles. The van der Waals surface area contributed by atoms with Gasteiger partial charge in [-0.05, 0) is 32.4 Å². The second kappa shape index (κ2) is 8.16. The molecule has 0 bridgehead atoms. The average molecular weight is 308 g/mol. The summed E-state index contributed by atoms with van der Waals surface area (Å²) in [6.45, 7) is 5.77. The molecule has 1 rings (SSSR count). The lowest BCUT2D eigenvalue weighted by Gasteiger charge is -2.19. The number of nitriles is 1. The number of hydrogen-bond donors (Lipinski definition) is 1. The summed E-state index contributed by atoms with van der Waals surface area (Å²) in [4.78, 5) is 0.241. The van der Waals surface area contributed by atoms with Gasteiger partial charge in [-0.15, -0.1) is 0 Å². The SMILES string of the molecule is CCCCC[C@@H](C#N)[C@@H](C)NS(=O)(=O)c1ccc(C)cc1. The Kier molecular flexibility index (Phi) is 6.86. The third-order valence-corrected chi connectivity index (χ3v) is 5.14. The van der Waals surface area contributed by atoms with Gasteiger partial charge < -0.3 is 0 Å². The summed E-state index contributed by atoms with van der Waals surface area (Å²) in [5.41, 5.74) is 1.01. The van der Waals surface area contributed by atoms with Crippen molar-refractivity contribution in [3.05, 3.63) is 29.8 Å². The van der Waals surface area contributed by atoms with Crippen LogP contribution < -0.4 is 4.72 Å². The van der Waals surface area contributed by atoms with E-state index in [1.807, 2.05) is 6.92 Å². The number of nitrogens with one attached hydrogen (secondary N) is 1. The first-order chi connectivity index (χ1) is 9.90. The zero-order valence-corrected chi connectivity index (χ0v) is 13.8. The van der Waals surface area contributed by atoms with Crippen molar-refractivity contribution in [2.45, 2.75) is 57.4 Å². The van der Waals surface area contributed by atoms with E-state index >= 15 is 0 Å². The number of aryl methyl sites for hydroxylation is 1. The van der Waals surface area contributed by atoms with Crippen LogP contribution in [0.4, 0.5) is 0 Å². The van der Waals surface area contributed by atoms with Crippen molar-refractivity contribution in [2.75, 3.05) is 0 Å². The van der Waals surface area contributed by atoms with Crippen LogP contribution in [0.3, 0.4) is 0 Å². The molecule has 116 valence electrons. The molecule has 0 radical (unpaired) electrons. The number of benzene rings is 1. The number of rotatable bonds is 8. The number of unbranched alkanes of at least 4 members (excludes halogenated alkanes) is 2. The Morgan fingerprint density at radius 3 is 2.38 bits per heavy atom. The molecule has 4 nitrogen and oxygen atoms in total. The van der Waals surface area contributed by atoms with Crippen LogP contribution >= 0.6 is 0 Å². The van der Waals surface area contributed by atoms with Gasteiger partial charge >= 0.3 is 0 Å². The van der Waals surface area contributed by atoms with Gasteiger partial charge in [0.05, 0.1) is 16.9 Å². The van der Waals surface area contributed by atoms with Gasteiger partial charge in [-0.3, -0.25) is 0 Å². The Labute approximate surface area is 128 Å². The molecule has 5 heteroatoms. The van der Waals surface area contributed by atoms with Crippen LogP contribution in [-0.4, -0.2) is 14.5 Å². The normalized spacial score (nSPS) is 14.4. The summed E-state index contributed by atoms with van der Waals surface area (Å²) in [6.07, 6.45) is 3.82. The van der Waals surface area contributed by atoms with Gasteiger partial charge in [0.1, 0.15) is 0 Å². The van der Waals surface area contributed by atoms with Crippen molar-refractivity contribution in [1.29, 1.82) is 5.26 Å². The Morgan fingerprint density at radius 1 is 1.24 bits per heavy atom. The Hall–Kier alpha value is -1.38. The highest BCUT2D eigenvalue weighted by molar-refractivity contribution is 7.89. The van der Waals surface area contributed by atoms with E-state index < -0.39 is 16.1 Å². The number of nitrogens with zero attached hydrogens (tertiary/aromatic N) is 1. The lowest BCUT2D eigenvalue weighted by Crippen LogP contribution is -2.37. The van der Waals surface area contributed by atoms with E-state index in [1.54, 1.807) is 31.2 Å². The maximum Gasteiger partial charge on any atom is 0.240 e. The van der Waals surface area contributed by atoms with E-state index in [2.05, 4.69) is 17.7 Å². The Morgan fingerprint density at radius 2 is 1.86 bits per heavy atom. The fourth-order valence-electron chi connectivity index (χ4n) is 2.15. The summed E-state index contributed by atoms with van der Waals surface area (Å²) in [6, 6.07) is 8.53. The monoisotopic (exact) mass is 308 g/mol. The van der Waals surface area contributed by atoms with E-state index in [4.69, 9.17) is 0 Å². The second-order valence-corrected chi connectivity index (χ2v) is 7.17. The molecule has 0 saturated heterocycles. The van der Waals surface area contributed by atoms with Gasteiger partial charge in [-0.2, -0.15) is 5.26 Å². The minimum absolute atomic E-state index is 0.241. The van der Waals surface area contributed by atoms with Gasteiger partial charge in [0.15, 0.2) is 0 Å².